The molecular weight excluding hydrogens is 290 g/mol. The first-order valence-corrected chi connectivity index (χ1v) is 8.08. The van der Waals surface area contributed by atoms with Crippen molar-refractivity contribution in [2.24, 2.45) is 0 Å². The highest BCUT2D eigenvalue weighted by Crippen LogP contribution is 2.31. The summed E-state index contributed by atoms with van der Waals surface area (Å²) in [6, 6.07) is 5.99. The van der Waals surface area contributed by atoms with Crippen molar-refractivity contribution >= 4 is 22.5 Å². The van der Waals surface area contributed by atoms with E-state index in [4.69, 9.17) is 0 Å². The lowest BCUT2D eigenvalue weighted by molar-refractivity contribution is 0.0427. The van der Waals surface area contributed by atoms with E-state index < -0.39 is 11.1 Å². The maximum atomic E-state index is 12.6. The van der Waals surface area contributed by atoms with Crippen molar-refractivity contribution in [2.75, 3.05) is 11.9 Å². The van der Waals surface area contributed by atoms with E-state index >= 15 is 0 Å². The van der Waals surface area contributed by atoms with Crippen LogP contribution >= 0.6 is 0 Å². The molecule has 2 heterocycles. The predicted octanol–water partition coefficient (Wildman–Crippen LogP) is 2.81. The molecule has 1 aromatic heterocycles. The molecule has 5 heteroatoms. The number of aromatic nitrogens is 1. The summed E-state index contributed by atoms with van der Waals surface area (Å²) < 4.78 is 0. The van der Waals surface area contributed by atoms with E-state index in [1.54, 1.807) is 13.8 Å². The molecule has 0 radical (unpaired) electrons. The number of aliphatic hydroxyl groups is 1. The van der Waals surface area contributed by atoms with Gasteiger partial charge < -0.3 is 20.7 Å². The van der Waals surface area contributed by atoms with E-state index in [9.17, 15) is 9.90 Å². The second-order valence-corrected chi connectivity index (χ2v) is 7.74. The molecule has 1 aromatic carbocycles. The highest BCUT2D eigenvalue weighted by atomic mass is 16.3. The molecule has 0 bridgehead atoms. The normalized spacial score (nSPS) is 14.7. The predicted molar refractivity (Wildman–Crippen MR) is 93.0 cm³/mol. The van der Waals surface area contributed by atoms with Crippen molar-refractivity contribution in [3.63, 3.8) is 0 Å². The van der Waals surface area contributed by atoms with Crippen LogP contribution in [0.15, 0.2) is 18.2 Å². The number of amides is 1. The van der Waals surface area contributed by atoms with Gasteiger partial charge in [0.15, 0.2) is 0 Å². The summed E-state index contributed by atoms with van der Waals surface area (Å²) in [5, 5.41) is 17.5. The summed E-state index contributed by atoms with van der Waals surface area (Å²) in [6.45, 7) is 8.29. The van der Waals surface area contributed by atoms with Gasteiger partial charge in [-0.3, -0.25) is 4.79 Å². The molecule has 0 fully saturated rings. The number of benzene rings is 1. The number of anilines is 1. The third-order valence-electron chi connectivity index (χ3n) is 4.18. The average Bonchev–Trinajstić information content (AvgIpc) is 3.00. The molecule has 5 nitrogen and oxygen atoms in total. The molecule has 4 N–H and O–H groups in total. The first-order chi connectivity index (χ1) is 10.6. The van der Waals surface area contributed by atoms with Gasteiger partial charge in [-0.15, -0.1) is 0 Å². The standard InChI is InChI=1S/C18H25N3O2/c1-17(2,10-18(3,4)23)21-16(22)15-9-12-11-7-8-19-13(11)5-6-14(12)20-15/h5-6,9,19-20,23H,7-8,10H2,1-4H3,(H,21,22). The Bertz CT molecular complexity index is 753. The number of nitrogens with one attached hydrogen (secondary N) is 3. The van der Waals surface area contributed by atoms with Crippen LogP contribution in [0.3, 0.4) is 0 Å². The van der Waals surface area contributed by atoms with Crippen molar-refractivity contribution in [3.05, 3.63) is 29.5 Å². The molecule has 0 saturated carbocycles. The Hall–Kier alpha value is -2.01. The lowest BCUT2D eigenvalue weighted by Gasteiger charge is -2.32. The fraction of sp³-hybridized carbons (Fsp3) is 0.500. The van der Waals surface area contributed by atoms with Gasteiger partial charge in [0, 0.05) is 28.7 Å². The lowest BCUT2D eigenvalue weighted by Crippen LogP contribution is -2.47. The summed E-state index contributed by atoms with van der Waals surface area (Å²) in [5.74, 6) is -0.143. The number of rotatable bonds is 4. The Labute approximate surface area is 136 Å². The first-order valence-electron chi connectivity index (χ1n) is 8.08. The van der Waals surface area contributed by atoms with Crippen LogP contribution < -0.4 is 10.6 Å². The molecular formula is C18H25N3O2. The molecule has 0 aliphatic carbocycles. The molecule has 1 aliphatic rings. The second-order valence-electron chi connectivity index (χ2n) is 7.74. The smallest absolute Gasteiger partial charge is 0.268 e. The minimum Gasteiger partial charge on any atom is -0.390 e. The van der Waals surface area contributed by atoms with E-state index in [2.05, 4.69) is 21.7 Å². The van der Waals surface area contributed by atoms with E-state index in [1.807, 2.05) is 26.0 Å². The van der Waals surface area contributed by atoms with Crippen LogP contribution in [0.4, 0.5) is 5.69 Å². The molecule has 124 valence electrons. The van der Waals surface area contributed by atoms with Crippen molar-refractivity contribution in [2.45, 2.75) is 51.7 Å². The van der Waals surface area contributed by atoms with Crippen LogP contribution in [0.1, 0.15) is 50.2 Å². The van der Waals surface area contributed by atoms with Crippen LogP contribution in [-0.2, 0) is 6.42 Å². The Morgan fingerprint density at radius 1 is 1.30 bits per heavy atom. The van der Waals surface area contributed by atoms with Gasteiger partial charge in [0.1, 0.15) is 5.69 Å². The van der Waals surface area contributed by atoms with Crippen LogP contribution in [0.25, 0.3) is 10.9 Å². The van der Waals surface area contributed by atoms with Crippen molar-refractivity contribution in [1.82, 2.24) is 10.3 Å². The topological polar surface area (TPSA) is 77.2 Å². The molecule has 3 rings (SSSR count). The third kappa shape index (κ3) is 3.34. The summed E-state index contributed by atoms with van der Waals surface area (Å²) in [7, 11) is 0. The van der Waals surface area contributed by atoms with Crippen molar-refractivity contribution < 1.29 is 9.90 Å². The maximum Gasteiger partial charge on any atom is 0.268 e. The fourth-order valence-corrected chi connectivity index (χ4v) is 3.64. The Kier molecular flexibility index (Phi) is 3.64. The second kappa shape index (κ2) is 5.27. The molecule has 0 atom stereocenters. The van der Waals surface area contributed by atoms with E-state index in [0.717, 1.165) is 29.6 Å². The number of carbonyl (C=O) groups is 1. The Balaban J connectivity index is 1.84. The molecule has 2 aromatic rings. The summed E-state index contributed by atoms with van der Waals surface area (Å²) in [5.41, 5.74) is 2.65. The maximum absolute atomic E-state index is 12.6. The highest BCUT2D eigenvalue weighted by Gasteiger charge is 2.29. The van der Waals surface area contributed by atoms with Crippen molar-refractivity contribution in [1.29, 1.82) is 0 Å². The van der Waals surface area contributed by atoms with Gasteiger partial charge in [0.2, 0.25) is 0 Å². The van der Waals surface area contributed by atoms with E-state index in [-0.39, 0.29) is 5.91 Å². The number of aromatic amines is 1. The number of carbonyl (C=O) groups excluding carboxylic acids is 1. The molecule has 1 aliphatic heterocycles. The van der Waals surface area contributed by atoms with Gasteiger partial charge in [-0.2, -0.15) is 0 Å². The molecule has 0 spiro atoms. The van der Waals surface area contributed by atoms with Gasteiger partial charge in [0.05, 0.1) is 5.60 Å². The number of hydrogen-bond donors (Lipinski definition) is 4. The number of hydrogen-bond acceptors (Lipinski definition) is 3. The minimum absolute atomic E-state index is 0.143. The zero-order chi connectivity index (χ0) is 16.8. The van der Waals surface area contributed by atoms with Gasteiger partial charge in [-0.25, -0.2) is 0 Å². The fourth-order valence-electron chi connectivity index (χ4n) is 3.64. The van der Waals surface area contributed by atoms with Crippen LogP contribution in [0.5, 0.6) is 0 Å². The Morgan fingerprint density at radius 2 is 2.04 bits per heavy atom. The zero-order valence-electron chi connectivity index (χ0n) is 14.2. The highest BCUT2D eigenvalue weighted by molar-refractivity contribution is 6.00. The molecule has 0 unspecified atom stereocenters. The zero-order valence-corrected chi connectivity index (χ0v) is 14.2. The molecule has 23 heavy (non-hydrogen) atoms. The van der Waals surface area contributed by atoms with Gasteiger partial charge >= 0.3 is 0 Å². The van der Waals surface area contributed by atoms with Gasteiger partial charge in [-0.1, -0.05) is 0 Å². The molecule has 1 amide bonds. The summed E-state index contributed by atoms with van der Waals surface area (Å²) in [6.07, 6.45) is 1.46. The van der Waals surface area contributed by atoms with Gasteiger partial charge in [0.25, 0.3) is 5.91 Å². The first kappa shape index (κ1) is 15.9. The van der Waals surface area contributed by atoms with Crippen LogP contribution in [-0.4, -0.2) is 33.7 Å². The lowest BCUT2D eigenvalue weighted by atomic mass is 9.89. The average molecular weight is 315 g/mol. The molecule has 0 saturated heterocycles. The van der Waals surface area contributed by atoms with Crippen LogP contribution in [0.2, 0.25) is 0 Å². The van der Waals surface area contributed by atoms with Crippen molar-refractivity contribution in [3.8, 4) is 0 Å². The number of H-pyrrole nitrogens is 1. The largest absolute Gasteiger partial charge is 0.390 e. The summed E-state index contributed by atoms with van der Waals surface area (Å²) in [4.78, 5) is 15.8. The minimum atomic E-state index is -0.830. The van der Waals surface area contributed by atoms with Gasteiger partial charge in [-0.05, 0) is 64.3 Å². The van der Waals surface area contributed by atoms with Crippen LogP contribution in [0, 0.1) is 0 Å². The monoisotopic (exact) mass is 315 g/mol. The quantitative estimate of drug-likeness (QED) is 0.701. The number of fused-ring (bicyclic) bond motifs is 3. The van der Waals surface area contributed by atoms with E-state index in [1.165, 1.54) is 5.56 Å². The SMILES string of the molecule is CC(C)(O)CC(C)(C)NC(=O)c1cc2c3c(ccc2[nH]1)NCC3. The summed E-state index contributed by atoms with van der Waals surface area (Å²) >= 11 is 0. The third-order valence-corrected chi connectivity index (χ3v) is 4.18. The van der Waals surface area contributed by atoms with E-state index in [0.29, 0.717) is 12.1 Å². The Morgan fingerprint density at radius 3 is 2.74 bits per heavy atom.